The molecule has 1 saturated heterocycles. The Kier molecular flexibility index (Phi) is 10.6. The number of benzene rings is 2. The number of carbonyl (C=O) groups is 2. The van der Waals surface area contributed by atoms with E-state index in [1.54, 1.807) is 43.3 Å². The highest BCUT2D eigenvalue weighted by Crippen LogP contribution is 2.37. The third-order valence-corrected chi connectivity index (χ3v) is 7.96. The Morgan fingerprint density at radius 1 is 0.978 bits per heavy atom. The number of phenols is 1. The molecular formula is C32H36O14. The molecule has 0 aliphatic carbocycles. The van der Waals surface area contributed by atoms with Gasteiger partial charge in [-0.25, -0.2) is 4.79 Å². The summed E-state index contributed by atoms with van der Waals surface area (Å²) in [6, 6.07) is 11.1. The maximum atomic E-state index is 13.3. The zero-order valence-corrected chi connectivity index (χ0v) is 24.8. The van der Waals surface area contributed by atoms with Gasteiger partial charge < -0.3 is 59.1 Å². The van der Waals surface area contributed by atoms with E-state index in [1.165, 1.54) is 12.1 Å². The molecule has 6 N–H and O–H groups in total. The molecule has 4 aliphatic rings. The number of phenolic OH excluding ortho intramolecular Hbond substituents is 1. The van der Waals surface area contributed by atoms with Crippen LogP contribution in [0.2, 0.25) is 0 Å². The highest BCUT2D eigenvalue weighted by Gasteiger charge is 2.47. The van der Waals surface area contributed by atoms with Crippen molar-refractivity contribution in [2.75, 3.05) is 19.8 Å². The molecule has 0 spiro atoms. The molecule has 8 atom stereocenters. The fraction of sp³-hybridized carbons (Fsp3) is 0.438. The van der Waals surface area contributed by atoms with Gasteiger partial charge in [0.1, 0.15) is 42.9 Å². The van der Waals surface area contributed by atoms with Crippen LogP contribution in [0.1, 0.15) is 30.6 Å². The lowest BCUT2D eigenvalue weighted by molar-refractivity contribution is -0.327. The van der Waals surface area contributed by atoms with E-state index in [0.717, 1.165) is 6.26 Å². The first-order valence-electron chi connectivity index (χ1n) is 14.7. The number of aromatic hydroxyl groups is 1. The number of carbonyl (C=O) groups excluding carboxylic acids is 2. The number of fused-ring (bicyclic) bond motifs is 9. The Labute approximate surface area is 263 Å². The van der Waals surface area contributed by atoms with E-state index in [0.29, 0.717) is 16.9 Å². The van der Waals surface area contributed by atoms with Crippen LogP contribution in [0, 0.1) is 5.92 Å². The Morgan fingerprint density at radius 2 is 1.74 bits per heavy atom. The van der Waals surface area contributed by atoms with E-state index in [9.17, 15) is 40.2 Å². The van der Waals surface area contributed by atoms with Crippen molar-refractivity contribution in [3.05, 3.63) is 77.1 Å². The van der Waals surface area contributed by atoms with Crippen LogP contribution >= 0.6 is 0 Å². The smallest absolute Gasteiger partial charge is 0.337 e. The number of esters is 2. The average Bonchev–Trinajstić information content (AvgIpc) is 3.05. The number of rotatable bonds is 3. The molecule has 2 aromatic rings. The van der Waals surface area contributed by atoms with Gasteiger partial charge >= 0.3 is 11.9 Å². The van der Waals surface area contributed by atoms with E-state index in [2.05, 4.69) is 0 Å². The van der Waals surface area contributed by atoms with Crippen molar-refractivity contribution in [2.24, 2.45) is 5.92 Å². The summed E-state index contributed by atoms with van der Waals surface area (Å²) in [5, 5.41) is 61.3. The Morgan fingerprint density at radius 3 is 2.46 bits per heavy atom. The largest absolute Gasteiger partial charge is 0.504 e. The summed E-state index contributed by atoms with van der Waals surface area (Å²) in [5.41, 5.74) is 1.32. The van der Waals surface area contributed by atoms with E-state index in [4.69, 9.17) is 28.4 Å². The summed E-state index contributed by atoms with van der Waals surface area (Å²) in [4.78, 5) is 26.4. The number of aliphatic hydroxyl groups excluding tert-OH is 5. The molecule has 0 amide bonds. The number of ether oxygens (including phenoxy) is 6. The van der Waals surface area contributed by atoms with Crippen LogP contribution in [0.25, 0.3) is 0 Å². The molecule has 46 heavy (non-hydrogen) atoms. The maximum Gasteiger partial charge on any atom is 0.337 e. The van der Waals surface area contributed by atoms with Gasteiger partial charge in [0.2, 0.25) is 6.29 Å². The van der Waals surface area contributed by atoms with Gasteiger partial charge in [0.05, 0.1) is 31.5 Å². The molecule has 248 valence electrons. The third kappa shape index (κ3) is 7.34. The van der Waals surface area contributed by atoms with Crippen molar-refractivity contribution in [1.29, 1.82) is 0 Å². The van der Waals surface area contributed by atoms with Crippen molar-refractivity contribution in [3.63, 3.8) is 0 Å². The second kappa shape index (κ2) is 14.6. The fourth-order valence-electron chi connectivity index (χ4n) is 5.33. The van der Waals surface area contributed by atoms with E-state index < -0.39 is 74.2 Å². The normalized spacial score (nSPS) is 31.6. The summed E-state index contributed by atoms with van der Waals surface area (Å²) in [6.07, 6.45) is -7.88. The van der Waals surface area contributed by atoms with Crippen molar-refractivity contribution in [3.8, 4) is 17.2 Å². The van der Waals surface area contributed by atoms with Crippen LogP contribution in [0.15, 0.2) is 65.9 Å². The summed E-state index contributed by atoms with van der Waals surface area (Å²) >= 11 is 0. The third-order valence-electron chi connectivity index (χ3n) is 7.96. The Bertz CT molecular complexity index is 1450. The van der Waals surface area contributed by atoms with Gasteiger partial charge in [-0.05, 0) is 42.3 Å². The maximum absolute atomic E-state index is 13.3. The van der Waals surface area contributed by atoms with E-state index in [1.807, 2.05) is 0 Å². The predicted molar refractivity (Wildman–Crippen MR) is 155 cm³/mol. The number of aliphatic hydroxyl groups is 5. The van der Waals surface area contributed by atoms with Gasteiger partial charge in [-0.15, -0.1) is 0 Å². The van der Waals surface area contributed by atoms with Crippen LogP contribution in [-0.2, 0) is 39.7 Å². The number of allylic oxidation sites excluding steroid dienone is 1. The minimum atomic E-state index is -1.73. The van der Waals surface area contributed by atoms with Gasteiger partial charge in [-0.1, -0.05) is 24.3 Å². The van der Waals surface area contributed by atoms with Gasteiger partial charge in [0, 0.05) is 17.9 Å². The molecule has 4 bridgehead atoms. The van der Waals surface area contributed by atoms with Crippen molar-refractivity contribution in [1.82, 2.24) is 0 Å². The Hall–Kier alpha value is -4.02. The van der Waals surface area contributed by atoms with Crippen molar-refractivity contribution < 1.29 is 68.6 Å². The van der Waals surface area contributed by atoms with Crippen LogP contribution in [-0.4, -0.2) is 99.4 Å². The molecule has 1 fully saturated rings. The molecule has 2 aromatic carbocycles. The van der Waals surface area contributed by atoms with Gasteiger partial charge in [-0.3, -0.25) is 4.79 Å². The second-order valence-electron chi connectivity index (χ2n) is 11.0. The van der Waals surface area contributed by atoms with Crippen molar-refractivity contribution in [2.45, 2.75) is 62.9 Å². The van der Waals surface area contributed by atoms with Crippen LogP contribution in [0.4, 0.5) is 0 Å². The summed E-state index contributed by atoms with van der Waals surface area (Å²) in [7, 11) is 0. The van der Waals surface area contributed by atoms with Crippen LogP contribution in [0.5, 0.6) is 17.2 Å². The van der Waals surface area contributed by atoms with Crippen molar-refractivity contribution >= 4 is 11.9 Å². The summed E-state index contributed by atoms with van der Waals surface area (Å²) < 4.78 is 33.6. The number of hydrogen-bond acceptors (Lipinski definition) is 14. The van der Waals surface area contributed by atoms with E-state index in [-0.39, 0.29) is 42.1 Å². The first-order valence-corrected chi connectivity index (χ1v) is 14.7. The fourth-order valence-corrected chi connectivity index (χ4v) is 5.33. The SMILES string of the molecule is CC=C1[C@H](O[C@@H]2O[C@H](CO)[C@@H](O)[C@H](O)[C@H]2O)OC=C2C(=O)OC[C@@H](O)c3ccc(cc3)Oc3cc(ccc3O)CCOC(=O)C[C@H]21. The quantitative estimate of drug-likeness (QED) is 0.202. The van der Waals surface area contributed by atoms with E-state index >= 15 is 0 Å². The monoisotopic (exact) mass is 644 g/mol. The minimum absolute atomic E-state index is 0.0351. The molecule has 0 unspecified atom stereocenters. The average molecular weight is 645 g/mol. The summed E-state index contributed by atoms with van der Waals surface area (Å²) in [5.74, 6) is -2.09. The first kappa shape index (κ1) is 33.3. The van der Waals surface area contributed by atoms with Gasteiger partial charge in [-0.2, -0.15) is 0 Å². The van der Waals surface area contributed by atoms with Crippen LogP contribution < -0.4 is 4.74 Å². The topological polar surface area (TPSA) is 211 Å². The highest BCUT2D eigenvalue weighted by atomic mass is 16.8. The summed E-state index contributed by atoms with van der Waals surface area (Å²) in [6.45, 7) is 0.457. The second-order valence-corrected chi connectivity index (χ2v) is 11.0. The highest BCUT2D eigenvalue weighted by molar-refractivity contribution is 5.91. The zero-order chi connectivity index (χ0) is 33.0. The molecule has 4 heterocycles. The molecule has 0 saturated carbocycles. The van der Waals surface area contributed by atoms with Gasteiger partial charge in [0.15, 0.2) is 17.8 Å². The minimum Gasteiger partial charge on any atom is -0.504 e. The lowest BCUT2D eigenvalue weighted by Crippen LogP contribution is -2.60. The molecule has 14 nitrogen and oxygen atoms in total. The molecule has 4 aliphatic heterocycles. The molecule has 14 heteroatoms. The molecule has 0 aromatic heterocycles. The first-order chi connectivity index (χ1) is 22.1. The Balaban J connectivity index is 1.41. The predicted octanol–water partition coefficient (Wildman–Crippen LogP) is 0.870. The molecular weight excluding hydrogens is 608 g/mol. The zero-order valence-electron chi connectivity index (χ0n) is 24.8. The standard InChI is InChI=1S/C32H36O14/c1-2-19-20-12-26(36)41-10-9-16-3-8-22(34)24(11-16)44-18-6-4-17(5-7-18)23(35)15-42-30(40)21(20)14-43-31(19)46-32-29(39)28(38)27(37)25(13-33)45-32/h2-8,11,14,20,23,25,27-29,31-35,37-39H,9-10,12-13,15H2,1H3/t20-,23+,25+,27+,28-,29+,31-,32-/m0/s1. The number of hydrogen-bond donors (Lipinski definition) is 6. The van der Waals surface area contributed by atoms with Crippen LogP contribution in [0.3, 0.4) is 0 Å². The lowest BCUT2D eigenvalue weighted by Gasteiger charge is -2.42. The molecule has 6 rings (SSSR count). The lowest BCUT2D eigenvalue weighted by atomic mass is 9.86. The van der Waals surface area contributed by atoms with Gasteiger partial charge in [0.25, 0.3) is 0 Å². The molecule has 0 radical (unpaired) electrons.